The topological polar surface area (TPSA) is 78.8 Å². The van der Waals surface area contributed by atoms with Crippen molar-refractivity contribution in [2.75, 3.05) is 0 Å². The van der Waals surface area contributed by atoms with Crippen molar-refractivity contribution < 1.29 is 13.2 Å². The highest BCUT2D eigenvalue weighted by molar-refractivity contribution is 8.16. The van der Waals surface area contributed by atoms with E-state index in [1.807, 2.05) is 50.3 Å². The Bertz CT molecular complexity index is 811. The molecule has 0 fully saturated rings. The predicted octanol–water partition coefficient (Wildman–Crippen LogP) is 3.61. The molecule has 2 heterocycles. The summed E-state index contributed by atoms with van der Waals surface area (Å²) in [5, 5.41) is 7.28. The van der Waals surface area contributed by atoms with Crippen LogP contribution in [0.25, 0.3) is 0 Å². The van der Waals surface area contributed by atoms with Gasteiger partial charge in [0.25, 0.3) is 10.0 Å². The molecule has 2 aliphatic rings. The van der Waals surface area contributed by atoms with E-state index in [4.69, 9.17) is 0 Å². The predicted molar refractivity (Wildman–Crippen MR) is 101 cm³/mol. The summed E-state index contributed by atoms with van der Waals surface area (Å²) in [5.74, 6) is 0. The maximum absolute atomic E-state index is 12.8. The molecule has 0 spiro atoms. The van der Waals surface area contributed by atoms with E-state index in [0.717, 1.165) is 11.3 Å². The second kappa shape index (κ2) is 6.84. The fourth-order valence-corrected chi connectivity index (χ4v) is 5.88. The number of carbonyl (C=O) groups is 1. The van der Waals surface area contributed by atoms with Crippen LogP contribution in [0.4, 0.5) is 4.79 Å². The second-order valence-corrected chi connectivity index (χ2v) is 9.72. The van der Waals surface area contributed by atoms with Crippen LogP contribution in [0.1, 0.15) is 44.7 Å². The van der Waals surface area contributed by atoms with Gasteiger partial charge in [-0.05, 0) is 30.7 Å². The molecular weight excluding hydrogens is 358 g/mol. The highest BCUT2D eigenvalue weighted by Gasteiger charge is 2.46. The molecule has 2 aliphatic heterocycles. The van der Waals surface area contributed by atoms with Crippen LogP contribution in [0, 0.1) is 0 Å². The lowest BCUT2D eigenvalue weighted by atomic mass is 10.0. The summed E-state index contributed by atoms with van der Waals surface area (Å²) in [6, 6.07) is 8.52. The van der Waals surface area contributed by atoms with E-state index >= 15 is 0 Å². The monoisotopic (exact) mass is 379 g/mol. The molecular formula is C17H21N3O3S2. The van der Waals surface area contributed by atoms with E-state index in [-0.39, 0.29) is 6.04 Å². The van der Waals surface area contributed by atoms with Gasteiger partial charge in [-0.15, -0.1) is 11.8 Å². The van der Waals surface area contributed by atoms with Gasteiger partial charge in [0, 0.05) is 12.1 Å². The molecule has 1 aromatic carbocycles. The molecule has 0 radical (unpaired) electrons. The standard InChI is InChI=1S/C17H21N3O3S2/c1-3-17(10-7-11-24-17)25(22,23)19-16(21)20-15(12-13(2)18-20)14-8-5-4-6-9-14/h4-9,11,15H,3,10,12H2,1-2H3,(H,19,21). The first kappa shape index (κ1) is 18.0. The van der Waals surface area contributed by atoms with Crippen molar-refractivity contribution in [3.05, 3.63) is 47.4 Å². The van der Waals surface area contributed by atoms with Gasteiger partial charge >= 0.3 is 6.03 Å². The fraction of sp³-hybridized carbons (Fsp3) is 0.412. The number of nitrogens with zero attached hydrogens (tertiary/aromatic N) is 2. The summed E-state index contributed by atoms with van der Waals surface area (Å²) in [5.41, 5.74) is 1.72. The van der Waals surface area contributed by atoms with Gasteiger partial charge < -0.3 is 0 Å². The lowest BCUT2D eigenvalue weighted by molar-refractivity contribution is 0.192. The smallest absolute Gasteiger partial charge is 0.245 e. The van der Waals surface area contributed by atoms with Crippen molar-refractivity contribution in [3.63, 3.8) is 0 Å². The average molecular weight is 380 g/mol. The summed E-state index contributed by atoms with van der Waals surface area (Å²) in [7, 11) is -3.84. The molecule has 0 aromatic heterocycles. The molecule has 2 atom stereocenters. The molecule has 2 amide bonds. The Morgan fingerprint density at radius 3 is 2.72 bits per heavy atom. The number of benzene rings is 1. The molecule has 0 bridgehead atoms. The molecule has 1 aromatic rings. The maximum atomic E-state index is 12.8. The van der Waals surface area contributed by atoms with Crippen molar-refractivity contribution in [2.45, 2.75) is 43.2 Å². The molecule has 2 unspecified atom stereocenters. The number of thioether (sulfide) groups is 1. The van der Waals surface area contributed by atoms with Gasteiger partial charge in [-0.3, -0.25) is 0 Å². The van der Waals surface area contributed by atoms with Gasteiger partial charge in [0.05, 0.1) is 6.04 Å². The first-order valence-corrected chi connectivity index (χ1v) is 10.5. The third-order valence-electron chi connectivity index (χ3n) is 4.51. The van der Waals surface area contributed by atoms with E-state index in [9.17, 15) is 13.2 Å². The van der Waals surface area contributed by atoms with E-state index in [1.165, 1.54) is 16.8 Å². The lowest BCUT2D eigenvalue weighted by Gasteiger charge is -2.28. The van der Waals surface area contributed by atoms with E-state index < -0.39 is 20.1 Å². The van der Waals surface area contributed by atoms with Crippen molar-refractivity contribution >= 4 is 33.5 Å². The molecule has 134 valence electrons. The van der Waals surface area contributed by atoms with E-state index in [2.05, 4.69) is 9.82 Å². The molecule has 3 rings (SSSR count). The Morgan fingerprint density at radius 2 is 2.12 bits per heavy atom. The molecule has 0 saturated carbocycles. The van der Waals surface area contributed by atoms with Crippen LogP contribution in [0.15, 0.2) is 46.9 Å². The minimum Gasteiger partial charge on any atom is -0.245 e. The number of sulfonamides is 1. The van der Waals surface area contributed by atoms with E-state index in [0.29, 0.717) is 19.3 Å². The number of hydrogen-bond donors (Lipinski definition) is 1. The zero-order valence-corrected chi connectivity index (χ0v) is 15.8. The Morgan fingerprint density at radius 1 is 1.40 bits per heavy atom. The van der Waals surface area contributed by atoms with Crippen LogP contribution in [0.3, 0.4) is 0 Å². The van der Waals surface area contributed by atoms with Gasteiger partial charge in [-0.2, -0.15) is 5.10 Å². The number of hydrazone groups is 1. The lowest BCUT2D eigenvalue weighted by Crippen LogP contribution is -2.48. The SMILES string of the molecule is CCC1(S(=O)(=O)NC(=O)N2N=C(C)CC2c2ccccc2)CC=CS1. The first-order chi connectivity index (χ1) is 11.9. The van der Waals surface area contributed by atoms with Crippen LogP contribution < -0.4 is 4.72 Å². The third kappa shape index (κ3) is 3.32. The van der Waals surface area contributed by atoms with Crippen LogP contribution in [0.5, 0.6) is 0 Å². The normalized spacial score (nSPS) is 25.9. The van der Waals surface area contributed by atoms with Gasteiger partial charge in [0.1, 0.15) is 4.08 Å². The van der Waals surface area contributed by atoms with Crippen LogP contribution in [-0.4, -0.2) is 29.2 Å². The average Bonchev–Trinajstić information content (AvgIpc) is 3.23. The van der Waals surface area contributed by atoms with Crippen LogP contribution in [-0.2, 0) is 10.0 Å². The van der Waals surface area contributed by atoms with Crippen LogP contribution >= 0.6 is 11.8 Å². The summed E-state index contributed by atoms with van der Waals surface area (Å²) < 4.78 is 26.8. The molecule has 8 heteroatoms. The Hall–Kier alpha value is -1.80. The maximum Gasteiger partial charge on any atom is 0.352 e. The molecule has 25 heavy (non-hydrogen) atoms. The zero-order chi connectivity index (χ0) is 18.1. The van der Waals surface area contributed by atoms with Crippen LogP contribution in [0.2, 0.25) is 0 Å². The highest BCUT2D eigenvalue weighted by Crippen LogP contribution is 2.43. The Balaban J connectivity index is 1.82. The fourth-order valence-electron chi connectivity index (χ4n) is 3.08. The number of allylic oxidation sites excluding steroid dienone is 1. The number of amides is 2. The Kier molecular flexibility index (Phi) is 4.92. The number of carbonyl (C=O) groups excluding carboxylic acids is 1. The van der Waals surface area contributed by atoms with Crippen molar-refractivity contribution in [1.82, 2.24) is 9.73 Å². The zero-order valence-electron chi connectivity index (χ0n) is 14.2. The molecule has 6 nitrogen and oxygen atoms in total. The number of urea groups is 1. The largest absolute Gasteiger partial charge is 0.352 e. The van der Waals surface area contributed by atoms with Gasteiger partial charge in [0.15, 0.2) is 0 Å². The molecule has 0 aliphatic carbocycles. The van der Waals surface area contributed by atoms with Crippen molar-refractivity contribution in [1.29, 1.82) is 0 Å². The summed E-state index contributed by atoms with van der Waals surface area (Å²) in [4.78, 5) is 12.7. The highest BCUT2D eigenvalue weighted by atomic mass is 32.3. The Labute approximate surface area is 152 Å². The van der Waals surface area contributed by atoms with E-state index in [1.54, 1.807) is 5.41 Å². The number of nitrogens with one attached hydrogen (secondary N) is 1. The number of rotatable bonds is 4. The molecule has 1 N–H and O–H groups in total. The summed E-state index contributed by atoms with van der Waals surface area (Å²) in [6.45, 7) is 3.65. The minimum atomic E-state index is -3.84. The van der Waals surface area contributed by atoms with Gasteiger partial charge in [-0.1, -0.05) is 43.3 Å². The van der Waals surface area contributed by atoms with Gasteiger partial charge in [0.2, 0.25) is 0 Å². The van der Waals surface area contributed by atoms with Crippen molar-refractivity contribution in [3.8, 4) is 0 Å². The second-order valence-electron chi connectivity index (χ2n) is 6.18. The minimum absolute atomic E-state index is 0.289. The molecule has 0 saturated heterocycles. The quantitative estimate of drug-likeness (QED) is 0.867. The number of hydrogen-bond acceptors (Lipinski definition) is 5. The van der Waals surface area contributed by atoms with Gasteiger partial charge in [-0.25, -0.2) is 22.9 Å². The summed E-state index contributed by atoms with van der Waals surface area (Å²) in [6.07, 6.45) is 3.22. The van der Waals surface area contributed by atoms with Crippen molar-refractivity contribution in [2.24, 2.45) is 5.10 Å². The third-order valence-corrected chi connectivity index (χ3v) is 8.55. The first-order valence-electron chi connectivity index (χ1n) is 8.16. The summed E-state index contributed by atoms with van der Waals surface area (Å²) >= 11 is 1.24.